The van der Waals surface area contributed by atoms with Crippen LogP contribution in [0.25, 0.3) is 0 Å². The van der Waals surface area contributed by atoms with Crippen LogP contribution in [0, 0.1) is 17.8 Å². The number of carbonyl (C=O) groups is 1. The molecule has 22 heavy (non-hydrogen) atoms. The monoisotopic (exact) mass is 318 g/mol. The van der Waals surface area contributed by atoms with E-state index < -0.39 is 24.5 Å². The third kappa shape index (κ3) is 3.41. The molecular formula is C15H24F2N2O3. The van der Waals surface area contributed by atoms with E-state index in [4.69, 9.17) is 9.94 Å². The van der Waals surface area contributed by atoms with Crippen molar-refractivity contribution in [1.82, 2.24) is 10.8 Å². The zero-order chi connectivity index (χ0) is 15.7. The maximum absolute atomic E-state index is 14.0. The summed E-state index contributed by atoms with van der Waals surface area (Å²) in [5, 5.41) is 12.4. The molecule has 0 radical (unpaired) electrons. The van der Waals surface area contributed by atoms with Crippen molar-refractivity contribution >= 4 is 5.97 Å². The summed E-state index contributed by atoms with van der Waals surface area (Å²) in [6, 6.07) is 0. The Morgan fingerprint density at radius 2 is 1.95 bits per heavy atom. The number of carboxylic acids is 1. The van der Waals surface area contributed by atoms with Crippen LogP contribution in [0.5, 0.6) is 0 Å². The van der Waals surface area contributed by atoms with E-state index >= 15 is 0 Å². The molecule has 3 rings (SSSR count). The van der Waals surface area contributed by atoms with Crippen LogP contribution in [-0.2, 0) is 9.63 Å². The second-order valence-electron chi connectivity index (χ2n) is 6.85. The molecule has 0 amide bonds. The highest BCUT2D eigenvalue weighted by Crippen LogP contribution is 2.35. The summed E-state index contributed by atoms with van der Waals surface area (Å²) >= 11 is 0. The van der Waals surface area contributed by atoms with Gasteiger partial charge in [0.25, 0.3) is 0 Å². The average Bonchev–Trinajstić information content (AvgIpc) is 2.97. The Bertz CT molecular complexity index is 412. The molecule has 126 valence electrons. The maximum atomic E-state index is 14.0. The molecule has 0 bridgehead atoms. The van der Waals surface area contributed by atoms with Crippen LogP contribution in [0.2, 0.25) is 0 Å². The molecule has 2 aliphatic carbocycles. The summed E-state index contributed by atoms with van der Waals surface area (Å²) in [7, 11) is 0. The van der Waals surface area contributed by atoms with Crippen molar-refractivity contribution in [3.05, 3.63) is 0 Å². The van der Waals surface area contributed by atoms with Gasteiger partial charge in [-0.3, -0.25) is 14.9 Å². The van der Waals surface area contributed by atoms with Crippen LogP contribution >= 0.6 is 0 Å². The molecule has 3 aliphatic rings. The van der Waals surface area contributed by atoms with E-state index in [1.165, 1.54) is 0 Å². The Labute approximate surface area is 128 Å². The highest BCUT2D eigenvalue weighted by molar-refractivity contribution is 5.70. The minimum atomic E-state index is -1.19. The number of hydroxylamine groups is 1. The molecule has 0 aromatic carbocycles. The van der Waals surface area contributed by atoms with Crippen LogP contribution in [0.3, 0.4) is 0 Å². The summed E-state index contributed by atoms with van der Waals surface area (Å²) < 4.78 is 27.2. The first-order valence-corrected chi connectivity index (χ1v) is 8.22. The van der Waals surface area contributed by atoms with E-state index in [0.29, 0.717) is 19.3 Å². The fourth-order valence-corrected chi connectivity index (χ4v) is 4.02. The van der Waals surface area contributed by atoms with Crippen molar-refractivity contribution in [1.29, 1.82) is 0 Å². The van der Waals surface area contributed by atoms with E-state index in [0.717, 1.165) is 19.3 Å². The summed E-state index contributed by atoms with van der Waals surface area (Å²) in [5.41, 5.74) is 2.90. The second-order valence-corrected chi connectivity index (χ2v) is 6.85. The number of hydrogen-bond donors (Lipinski definition) is 3. The van der Waals surface area contributed by atoms with Gasteiger partial charge in [0.15, 0.2) is 0 Å². The molecule has 0 aromatic rings. The van der Waals surface area contributed by atoms with Gasteiger partial charge in [0, 0.05) is 12.3 Å². The Morgan fingerprint density at radius 1 is 1.14 bits per heavy atom. The quantitative estimate of drug-likeness (QED) is 0.744. The van der Waals surface area contributed by atoms with Crippen molar-refractivity contribution in [2.45, 2.75) is 69.7 Å². The van der Waals surface area contributed by atoms with Crippen molar-refractivity contribution in [2.75, 3.05) is 0 Å². The van der Waals surface area contributed by atoms with Crippen LogP contribution in [-0.4, -0.2) is 35.8 Å². The molecule has 7 heteroatoms. The first kappa shape index (κ1) is 16.1. The van der Waals surface area contributed by atoms with Crippen molar-refractivity contribution < 1.29 is 23.5 Å². The molecule has 1 heterocycles. The number of carboxylic acid groups (broad SMARTS) is 1. The Kier molecular flexibility index (Phi) is 4.94. The molecule has 5 nitrogen and oxygen atoms in total. The molecule has 7 atom stereocenters. The highest BCUT2D eigenvalue weighted by Gasteiger charge is 2.43. The lowest BCUT2D eigenvalue weighted by Crippen LogP contribution is -2.46. The van der Waals surface area contributed by atoms with Gasteiger partial charge in [0.1, 0.15) is 18.6 Å². The van der Waals surface area contributed by atoms with Crippen molar-refractivity contribution in [2.24, 2.45) is 17.8 Å². The van der Waals surface area contributed by atoms with Gasteiger partial charge in [-0.25, -0.2) is 8.78 Å². The number of alkyl halides is 2. The maximum Gasteiger partial charge on any atom is 0.306 e. The fourth-order valence-electron chi connectivity index (χ4n) is 4.02. The van der Waals surface area contributed by atoms with Gasteiger partial charge in [-0.05, 0) is 38.0 Å². The molecule has 3 fully saturated rings. The van der Waals surface area contributed by atoms with Gasteiger partial charge >= 0.3 is 5.97 Å². The van der Waals surface area contributed by atoms with Gasteiger partial charge < -0.3 is 5.11 Å². The summed E-state index contributed by atoms with van der Waals surface area (Å²) in [4.78, 5) is 16.6. The van der Waals surface area contributed by atoms with Gasteiger partial charge in [-0.2, -0.15) is 5.48 Å². The van der Waals surface area contributed by atoms with Crippen LogP contribution in [0.1, 0.15) is 44.9 Å². The third-order valence-corrected chi connectivity index (χ3v) is 5.35. The lowest BCUT2D eigenvalue weighted by Gasteiger charge is -2.32. The molecule has 1 saturated heterocycles. The summed E-state index contributed by atoms with van der Waals surface area (Å²) in [5.74, 6) is -1.23. The highest BCUT2D eigenvalue weighted by atomic mass is 19.1. The fraction of sp³-hybridized carbons (Fsp3) is 0.933. The zero-order valence-electron chi connectivity index (χ0n) is 12.5. The lowest BCUT2D eigenvalue weighted by atomic mass is 9.79. The number of nitrogens with one attached hydrogen (secondary N) is 2. The molecular weight excluding hydrogens is 294 g/mol. The average molecular weight is 318 g/mol. The van der Waals surface area contributed by atoms with Crippen molar-refractivity contribution in [3.8, 4) is 0 Å². The summed E-state index contributed by atoms with van der Waals surface area (Å²) in [6.45, 7) is 0. The van der Waals surface area contributed by atoms with Crippen molar-refractivity contribution in [3.63, 3.8) is 0 Å². The van der Waals surface area contributed by atoms with Gasteiger partial charge in [-0.15, -0.1) is 0 Å². The van der Waals surface area contributed by atoms with Crippen LogP contribution in [0.15, 0.2) is 0 Å². The van der Waals surface area contributed by atoms with Gasteiger partial charge in [0.2, 0.25) is 0 Å². The Hall–Kier alpha value is -0.790. The summed E-state index contributed by atoms with van der Waals surface area (Å²) in [6.07, 6.45) is 1.07. The molecule has 0 spiro atoms. The Morgan fingerprint density at radius 3 is 2.68 bits per heavy atom. The molecule has 7 unspecified atom stereocenters. The second kappa shape index (κ2) is 6.76. The largest absolute Gasteiger partial charge is 0.481 e. The van der Waals surface area contributed by atoms with E-state index in [1.54, 1.807) is 0 Å². The molecule has 1 aliphatic heterocycles. The van der Waals surface area contributed by atoms with E-state index in [-0.39, 0.29) is 30.3 Å². The minimum Gasteiger partial charge on any atom is -0.481 e. The first-order valence-electron chi connectivity index (χ1n) is 8.22. The molecule has 0 aromatic heterocycles. The molecule has 2 saturated carbocycles. The smallest absolute Gasteiger partial charge is 0.306 e. The number of halogens is 2. The van der Waals surface area contributed by atoms with E-state index in [2.05, 4.69) is 10.8 Å². The standard InChI is InChI=1S/C15H24F2N2O3/c16-10-4-5-11(12(17)7-10)14-18-13(19-22-14)8-2-1-3-9(6-8)15(20)21/h8-14,18-19H,1-7H2,(H,20,21). The first-order chi connectivity index (χ1) is 10.5. The Balaban J connectivity index is 1.54. The van der Waals surface area contributed by atoms with Gasteiger partial charge in [0.05, 0.1) is 12.1 Å². The van der Waals surface area contributed by atoms with Gasteiger partial charge in [-0.1, -0.05) is 6.42 Å². The topological polar surface area (TPSA) is 70.6 Å². The SMILES string of the molecule is O=C(O)C1CCCC(C2NOC(C3CCC(F)CC3F)N2)C1. The zero-order valence-corrected chi connectivity index (χ0v) is 12.5. The number of aliphatic carboxylic acids is 1. The third-order valence-electron chi connectivity index (χ3n) is 5.35. The number of hydrogen-bond acceptors (Lipinski definition) is 4. The van der Waals surface area contributed by atoms with E-state index in [9.17, 15) is 13.6 Å². The lowest BCUT2D eigenvalue weighted by molar-refractivity contribution is -0.143. The minimum absolute atomic E-state index is 0.0542. The van der Waals surface area contributed by atoms with E-state index in [1.807, 2.05) is 0 Å². The predicted octanol–water partition coefficient (Wildman–Crippen LogP) is 2.13. The normalized spacial score (nSPS) is 46.5. The molecule has 3 N–H and O–H groups in total. The van der Waals surface area contributed by atoms with Crippen LogP contribution in [0.4, 0.5) is 8.78 Å². The number of rotatable bonds is 3. The van der Waals surface area contributed by atoms with Crippen LogP contribution < -0.4 is 10.8 Å². The predicted molar refractivity (Wildman–Crippen MR) is 75.1 cm³/mol.